The monoisotopic (exact) mass is 339 g/mol. The molecule has 7 nitrogen and oxygen atoms in total. The number of amides is 1. The Balaban J connectivity index is 1.77. The van der Waals surface area contributed by atoms with Crippen molar-refractivity contribution in [3.8, 4) is 0 Å². The zero-order valence-electron chi connectivity index (χ0n) is 14.6. The third-order valence-electron chi connectivity index (χ3n) is 4.08. The summed E-state index contributed by atoms with van der Waals surface area (Å²) < 4.78 is 3.31. The second kappa shape index (κ2) is 6.88. The molecular weight excluding hydrogens is 318 g/mol. The van der Waals surface area contributed by atoms with E-state index >= 15 is 0 Å². The highest BCUT2D eigenvalue weighted by molar-refractivity contribution is 5.79. The molecule has 0 fully saturated rings. The topological polar surface area (TPSA) is 73.0 Å². The van der Waals surface area contributed by atoms with Crippen molar-refractivity contribution in [2.75, 3.05) is 7.05 Å². The summed E-state index contributed by atoms with van der Waals surface area (Å²) in [5.41, 5.74) is 2.02. The van der Waals surface area contributed by atoms with Gasteiger partial charge >= 0.3 is 0 Å². The number of carbonyl (C=O) groups excluding carboxylic acids is 1. The number of nitrogens with zero attached hydrogens (tertiary/aromatic N) is 5. The molecular formula is C18H21N5O2. The Morgan fingerprint density at radius 3 is 2.72 bits per heavy atom. The van der Waals surface area contributed by atoms with Gasteiger partial charge in [-0.3, -0.25) is 18.8 Å². The van der Waals surface area contributed by atoms with E-state index in [1.165, 1.54) is 10.8 Å². The van der Waals surface area contributed by atoms with Crippen LogP contribution in [0, 0.1) is 0 Å². The van der Waals surface area contributed by atoms with Crippen molar-refractivity contribution in [1.82, 2.24) is 24.2 Å². The maximum Gasteiger partial charge on any atom is 0.269 e. The maximum absolute atomic E-state index is 12.6. The van der Waals surface area contributed by atoms with Crippen LogP contribution in [-0.2, 0) is 17.9 Å². The first-order chi connectivity index (χ1) is 12.0. The summed E-state index contributed by atoms with van der Waals surface area (Å²) in [6, 6.07) is 7.57. The van der Waals surface area contributed by atoms with Crippen LogP contribution in [0.4, 0.5) is 0 Å². The first-order valence-corrected chi connectivity index (χ1v) is 8.17. The van der Waals surface area contributed by atoms with Gasteiger partial charge in [-0.05, 0) is 26.0 Å². The van der Waals surface area contributed by atoms with Gasteiger partial charge in [-0.2, -0.15) is 5.10 Å². The molecule has 25 heavy (non-hydrogen) atoms. The fraction of sp³-hybridized carbons (Fsp3) is 0.333. The summed E-state index contributed by atoms with van der Waals surface area (Å²) in [5.74, 6) is -0.143. The largest absolute Gasteiger partial charge is 0.340 e. The molecule has 3 rings (SSSR count). The Bertz CT molecular complexity index is 957. The second-order valence-electron chi connectivity index (χ2n) is 6.34. The molecule has 1 amide bonds. The van der Waals surface area contributed by atoms with Crippen LogP contribution in [0.1, 0.15) is 25.5 Å². The number of hydrogen-bond donors (Lipinski definition) is 0. The Kier molecular flexibility index (Phi) is 4.65. The summed E-state index contributed by atoms with van der Waals surface area (Å²) >= 11 is 0. The number of benzene rings is 1. The van der Waals surface area contributed by atoms with E-state index in [9.17, 15) is 9.59 Å². The zero-order chi connectivity index (χ0) is 18.0. The van der Waals surface area contributed by atoms with Crippen molar-refractivity contribution < 1.29 is 4.79 Å². The summed E-state index contributed by atoms with van der Waals surface area (Å²) in [7, 11) is 1.73. The minimum absolute atomic E-state index is 0.0172. The molecule has 0 aliphatic rings. The van der Waals surface area contributed by atoms with Gasteiger partial charge < -0.3 is 4.90 Å². The molecule has 1 aromatic carbocycles. The third-order valence-corrected chi connectivity index (χ3v) is 4.08. The Morgan fingerprint density at radius 1 is 1.24 bits per heavy atom. The van der Waals surface area contributed by atoms with Gasteiger partial charge in [0.15, 0.2) is 0 Å². The van der Waals surface area contributed by atoms with E-state index in [0.29, 0.717) is 17.6 Å². The predicted octanol–water partition coefficient (Wildman–Crippen LogP) is 1.83. The van der Waals surface area contributed by atoms with Crippen molar-refractivity contribution in [1.29, 1.82) is 0 Å². The van der Waals surface area contributed by atoms with Gasteiger partial charge in [0.1, 0.15) is 6.54 Å². The van der Waals surface area contributed by atoms with Gasteiger partial charge in [-0.25, -0.2) is 4.98 Å². The van der Waals surface area contributed by atoms with Crippen LogP contribution in [0.2, 0.25) is 0 Å². The molecule has 0 bridgehead atoms. The molecule has 0 unspecified atom stereocenters. The van der Waals surface area contributed by atoms with Crippen LogP contribution >= 0.6 is 0 Å². The number of fused-ring (bicyclic) bond motifs is 1. The molecule has 7 heteroatoms. The summed E-state index contributed by atoms with van der Waals surface area (Å²) in [5, 5.41) is 4.28. The molecule has 0 spiro atoms. The molecule has 0 saturated carbocycles. The number of likely N-dealkylation sites (N-methyl/N-ethyl adjacent to an activating group) is 1. The predicted molar refractivity (Wildman–Crippen MR) is 95.1 cm³/mol. The molecule has 0 radical (unpaired) electrons. The lowest BCUT2D eigenvalue weighted by molar-refractivity contribution is -0.131. The van der Waals surface area contributed by atoms with Crippen LogP contribution in [0.25, 0.3) is 11.0 Å². The molecule has 2 aromatic heterocycles. The minimum atomic E-state index is -0.284. The summed E-state index contributed by atoms with van der Waals surface area (Å²) in [6.45, 7) is 4.53. The van der Waals surface area contributed by atoms with Gasteiger partial charge in [-0.15, -0.1) is 0 Å². The lowest BCUT2D eigenvalue weighted by Crippen LogP contribution is -2.33. The van der Waals surface area contributed by atoms with Gasteiger partial charge in [-0.1, -0.05) is 12.1 Å². The van der Waals surface area contributed by atoms with Crippen LogP contribution in [0.5, 0.6) is 0 Å². The average Bonchev–Trinajstić information content (AvgIpc) is 3.06. The van der Waals surface area contributed by atoms with E-state index in [4.69, 9.17) is 0 Å². The van der Waals surface area contributed by atoms with Crippen molar-refractivity contribution in [2.45, 2.75) is 33.0 Å². The van der Waals surface area contributed by atoms with E-state index in [1.54, 1.807) is 24.2 Å². The first-order valence-electron chi connectivity index (χ1n) is 8.17. The molecule has 0 aliphatic carbocycles. The highest BCUT2D eigenvalue weighted by Gasteiger charge is 2.14. The Hall–Kier alpha value is -2.96. The van der Waals surface area contributed by atoms with E-state index in [1.807, 2.05) is 42.9 Å². The standard InChI is InChI=1S/C18H21N5O2/c1-13(2)23-11-14(8-20-23)10-21(3)18(25)12-22-16-7-5-4-6-15(16)19-9-17(22)24/h4-9,11,13H,10,12H2,1-3H3. The van der Waals surface area contributed by atoms with Crippen molar-refractivity contribution >= 4 is 16.9 Å². The van der Waals surface area contributed by atoms with Gasteiger partial charge in [0.05, 0.1) is 23.4 Å². The number of aromatic nitrogens is 4. The maximum atomic E-state index is 12.6. The quantitative estimate of drug-likeness (QED) is 0.711. The number of para-hydroxylation sites is 2. The van der Waals surface area contributed by atoms with Gasteiger partial charge in [0.2, 0.25) is 5.91 Å². The van der Waals surface area contributed by atoms with Crippen molar-refractivity contribution in [3.63, 3.8) is 0 Å². The molecule has 3 aromatic rings. The number of hydrogen-bond acceptors (Lipinski definition) is 4. The Labute approximate surface area is 145 Å². The fourth-order valence-electron chi connectivity index (χ4n) is 2.64. The minimum Gasteiger partial charge on any atom is -0.340 e. The van der Waals surface area contributed by atoms with Crippen LogP contribution in [0.15, 0.2) is 47.7 Å². The molecule has 0 aliphatic heterocycles. The van der Waals surface area contributed by atoms with Crippen LogP contribution in [0.3, 0.4) is 0 Å². The smallest absolute Gasteiger partial charge is 0.269 e. The second-order valence-corrected chi connectivity index (χ2v) is 6.34. The van der Waals surface area contributed by atoms with Crippen LogP contribution in [-0.4, -0.2) is 37.2 Å². The average molecular weight is 339 g/mol. The highest BCUT2D eigenvalue weighted by atomic mass is 16.2. The van der Waals surface area contributed by atoms with Crippen molar-refractivity contribution in [2.24, 2.45) is 0 Å². The lowest BCUT2D eigenvalue weighted by atomic mass is 10.3. The molecule has 2 heterocycles. The van der Waals surface area contributed by atoms with Crippen molar-refractivity contribution in [3.05, 3.63) is 58.8 Å². The van der Waals surface area contributed by atoms with E-state index in [2.05, 4.69) is 10.1 Å². The van der Waals surface area contributed by atoms with Crippen LogP contribution < -0.4 is 5.56 Å². The molecule has 0 saturated heterocycles. The van der Waals surface area contributed by atoms with E-state index in [-0.39, 0.29) is 24.1 Å². The third kappa shape index (κ3) is 3.60. The number of rotatable bonds is 5. The molecule has 0 N–H and O–H groups in total. The normalized spacial score (nSPS) is 11.2. The van der Waals surface area contributed by atoms with E-state index in [0.717, 1.165) is 5.56 Å². The lowest BCUT2D eigenvalue weighted by Gasteiger charge is -2.17. The van der Waals surface area contributed by atoms with Gasteiger partial charge in [0, 0.05) is 31.4 Å². The first kappa shape index (κ1) is 16.9. The highest BCUT2D eigenvalue weighted by Crippen LogP contribution is 2.10. The molecule has 130 valence electrons. The summed E-state index contributed by atoms with van der Waals surface area (Å²) in [4.78, 5) is 30.4. The zero-order valence-corrected chi connectivity index (χ0v) is 14.6. The Morgan fingerprint density at radius 2 is 2.00 bits per heavy atom. The fourth-order valence-corrected chi connectivity index (χ4v) is 2.64. The number of carbonyl (C=O) groups is 1. The molecule has 0 atom stereocenters. The SMILES string of the molecule is CC(C)n1cc(CN(C)C(=O)Cn2c(=O)cnc3ccccc32)cn1. The summed E-state index contributed by atoms with van der Waals surface area (Å²) in [6.07, 6.45) is 4.95. The van der Waals surface area contributed by atoms with Gasteiger partial charge in [0.25, 0.3) is 5.56 Å². The van der Waals surface area contributed by atoms with E-state index < -0.39 is 0 Å².